The maximum absolute atomic E-state index is 10.7. The average Bonchev–Trinajstić information content (AvgIpc) is 2.38. The Morgan fingerprint density at radius 3 is 2.50 bits per heavy atom. The SMILES string of the molecule is CCCCCCCc1ccc([N+](=O)[O-])cc1CCl. The van der Waals surface area contributed by atoms with Gasteiger partial charge in [0.15, 0.2) is 0 Å². The van der Waals surface area contributed by atoms with E-state index in [9.17, 15) is 10.1 Å². The van der Waals surface area contributed by atoms with Gasteiger partial charge in [-0.1, -0.05) is 38.7 Å². The monoisotopic (exact) mass is 269 g/mol. The van der Waals surface area contributed by atoms with Gasteiger partial charge in [0, 0.05) is 18.0 Å². The molecule has 0 saturated carbocycles. The van der Waals surface area contributed by atoms with Crippen molar-refractivity contribution in [1.29, 1.82) is 0 Å². The molecule has 0 amide bonds. The van der Waals surface area contributed by atoms with Crippen LogP contribution in [0.15, 0.2) is 18.2 Å². The molecule has 1 aromatic rings. The zero-order chi connectivity index (χ0) is 13.4. The summed E-state index contributed by atoms with van der Waals surface area (Å²) in [4.78, 5) is 10.3. The first-order valence-electron chi connectivity index (χ1n) is 6.51. The van der Waals surface area contributed by atoms with Gasteiger partial charge < -0.3 is 0 Å². The maximum atomic E-state index is 10.7. The molecule has 3 nitrogen and oxygen atoms in total. The van der Waals surface area contributed by atoms with Gasteiger partial charge in [0.05, 0.1) is 4.92 Å². The van der Waals surface area contributed by atoms with E-state index in [4.69, 9.17) is 11.6 Å². The topological polar surface area (TPSA) is 43.1 Å². The van der Waals surface area contributed by atoms with Gasteiger partial charge >= 0.3 is 0 Å². The quantitative estimate of drug-likeness (QED) is 0.293. The molecule has 0 saturated heterocycles. The maximum Gasteiger partial charge on any atom is 0.269 e. The summed E-state index contributed by atoms with van der Waals surface area (Å²) >= 11 is 5.85. The molecule has 1 aromatic carbocycles. The molecule has 0 aliphatic rings. The molecule has 0 bridgehead atoms. The molecule has 1 rings (SSSR count). The lowest BCUT2D eigenvalue weighted by Crippen LogP contribution is -1.96. The van der Waals surface area contributed by atoms with Gasteiger partial charge in [-0.3, -0.25) is 10.1 Å². The van der Waals surface area contributed by atoms with E-state index in [0.29, 0.717) is 5.88 Å². The van der Waals surface area contributed by atoms with Crippen LogP contribution in [0.5, 0.6) is 0 Å². The lowest BCUT2D eigenvalue weighted by Gasteiger charge is -2.07. The number of rotatable bonds is 8. The van der Waals surface area contributed by atoms with E-state index in [0.717, 1.165) is 24.0 Å². The zero-order valence-electron chi connectivity index (χ0n) is 10.8. The van der Waals surface area contributed by atoms with E-state index < -0.39 is 0 Å². The highest BCUT2D eigenvalue weighted by Gasteiger charge is 2.09. The van der Waals surface area contributed by atoms with E-state index in [1.807, 2.05) is 6.07 Å². The number of halogens is 1. The Hall–Kier alpha value is -1.09. The second-order valence-electron chi connectivity index (χ2n) is 4.51. The summed E-state index contributed by atoms with van der Waals surface area (Å²) in [5.74, 6) is 0.339. The van der Waals surface area contributed by atoms with Crippen molar-refractivity contribution < 1.29 is 4.92 Å². The number of hydrogen-bond acceptors (Lipinski definition) is 2. The van der Waals surface area contributed by atoms with Crippen LogP contribution in [0.3, 0.4) is 0 Å². The Morgan fingerprint density at radius 1 is 1.17 bits per heavy atom. The fourth-order valence-corrected chi connectivity index (χ4v) is 2.26. The lowest BCUT2D eigenvalue weighted by molar-refractivity contribution is -0.384. The van der Waals surface area contributed by atoms with Gasteiger partial charge in [0.25, 0.3) is 5.69 Å². The van der Waals surface area contributed by atoms with Crippen LogP contribution in [-0.4, -0.2) is 4.92 Å². The number of benzene rings is 1. The highest BCUT2D eigenvalue weighted by molar-refractivity contribution is 6.17. The summed E-state index contributed by atoms with van der Waals surface area (Å²) in [5.41, 5.74) is 2.16. The van der Waals surface area contributed by atoms with Crippen molar-refractivity contribution in [3.05, 3.63) is 39.4 Å². The van der Waals surface area contributed by atoms with E-state index in [1.165, 1.54) is 25.7 Å². The summed E-state index contributed by atoms with van der Waals surface area (Å²) < 4.78 is 0. The van der Waals surface area contributed by atoms with Gasteiger partial charge in [-0.25, -0.2) is 0 Å². The first kappa shape index (κ1) is 15.0. The Balaban J connectivity index is 2.57. The fraction of sp³-hybridized carbons (Fsp3) is 0.571. The Bertz CT molecular complexity index is 393. The van der Waals surface area contributed by atoms with Gasteiger partial charge in [-0.05, 0) is 24.0 Å². The molecule has 18 heavy (non-hydrogen) atoms. The summed E-state index contributed by atoms with van der Waals surface area (Å²) in [5, 5.41) is 10.7. The molecule has 0 unspecified atom stereocenters. The predicted molar refractivity (Wildman–Crippen MR) is 75.1 cm³/mol. The summed E-state index contributed by atoms with van der Waals surface area (Å²) in [6, 6.07) is 5.00. The highest BCUT2D eigenvalue weighted by atomic mass is 35.5. The largest absolute Gasteiger partial charge is 0.269 e. The minimum Gasteiger partial charge on any atom is -0.258 e. The lowest BCUT2D eigenvalue weighted by atomic mass is 10.0. The third-order valence-corrected chi connectivity index (χ3v) is 3.38. The molecule has 0 spiro atoms. The molecule has 0 fully saturated rings. The van der Waals surface area contributed by atoms with Crippen molar-refractivity contribution >= 4 is 17.3 Å². The van der Waals surface area contributed by atoms with Crippen LogP contribution < -0.4 is 0 Å². The Morgan fingerprint density at radius 2 is 1.89 bits per heavy atom. The van der Waals surface area contributed by atoms with Crippen LogP contribution in [0, 0.1) is 10.1 Å². The molecular weight excluding hydrogens is 250 g/mol. The van der Waals surface area contributed by atoms with E-state index in [2.05, 4.69) is 6.92 Å². The molecule has 0 heterocycles. The van der Waals surface area contributed by atoms with Crippen LogP contribution >= 0.6 is 11.6 Å². The van der Waals surface area contributed by atoms with Crippen molar-refractivity contribution in [2.24, 2.45) is 0 Å². The average molecular weight is 270 g/mol. The van der Waals surface area contributed by atoms with Gasteiger partial charge in [-0.2, -0.15) is 0 Å². The van der Waals surface area contributed by atoms with Gasteiger partial charge in [0.2, 0.25) is 0 Å². The normalized spacial score (nSPS) is 10.6. The highest BCUT2D eigenvalue weighted by Crippen LogP contribution is 2.21. The number of unbranched alkanes of at least 4 members (excludes halogenated alkanes) is 4. The molecule has 0 aliphatic carbocycles. The second-order valence-corrected chi connectivity index (χ2v) is 4.78. The number of aryl methyl sites for hydroxylation is 1. The van der Waals surface area contributed by atoms with Crippen molar-refractivity contribution in [2.75, 3.05) is 0 Å². The van der Waals surface area contributed by atoms with E-state index >= 15 is 0 Å². The number of non-ortho nitro benzene ring substituents is 1. The molecule has 0 atom stereocenters. The van der Waals surface area contributed by atoms with Crippen molar-refractivity contribution in [1.82, 2.24) is 0 Å². The molecular formula is C14H20ClNO2. The van der Waals surface area contributed by atoms with Gasteiger partial charge in [0.1, 0.15) is 0 Å². The fourth-order valence-electron chi connectivity index (χ4n) is 2.01. The summed E-state index contributed by atoms with van der Waals surface area (Å²) in [7, 11) is 0. The molecule has 0 N–H and O–H groups in total. The molecule has 0 radical (unpaired) electrons. The Kier molecular flexibility index (Phi) is 6.73. The Labute approximate surface area is 113 Å². The smallest absolute Gasteiger partial charge is 0.258 e. The van der Waals surface area contributed by atoms with Crippen LogP contribution in [0.25, 0.3) is 0 Å². The number of alkyl halides is 1. The minimum absolute atomic E-state index is 0.125. The van der Waals surface area contributed by atoms with Crippen LogP contribution in [0.2, 0.25) is 0 Å². The van der Waals surface area contributed by atoms with E-state index in [-0.39, 0.29) is 10.6 Å². The first-order chi connectivity index (χ1) is 8.69. The second kappa shape index (κ2) is 8.09. The standard InChI is InChI=1S/C14H20ClNO2/c1-2-3-4-5-6-7-12-8-9-14(16(17)18)10-13(12)11-15/h8-10H,2-7,11H2,1H3. The van der Waals surface area contributed by atoms with Gasteiger partial charge in [-0.15, -0.1) is 11.6 Å². The zero-order valence-corrected chi connectivity index (χ0v) is 11.6. The molecule has 4 heteroatoms. The summed E-state index contributed by atoms with van der Waals surface area (Å²) in [6.07, 6.45) is 7.09. The third kappa shape index (κ3) is 4.65. The molecule has 100 valence electrons. The first-order valence-corrected chi connectivity index (χ1v) is 7.04. The molecule has 0 aliphatic heterocycles. The number of nitro benzene ring substituents is 1. The van der Waals surface area contributed by atoms with Crippen molar-refractivity contribution in [2.45, 2.75) is 51.3 Å². The number of nitro groups is 1. The minimum atomic E-state index is -0.374. The predicted octanol–water partition coefficient (Wildman–Crippen LogP) is 4.85. The number of nitrogens with zero attached hydrogens (tertiary/aromatic N) is 1. The van der Waals surface area contributed by atoms with Crippen LogP contribution in [-0.2, 0) is 12.3 Å². The van der Waals surface area contributed by atoms with Crippen molar-refractivity contribution in [3.8, 4) is 0 Å². The number of hydrogen-bond donors (Lipinski definition) is 0. The molecule has 0 aromatic heterocycles. The summed E-state index contributed by atoms with van der Waals surface area (Å²) in [6.45, 7) is 2.20. The van der Waals surface area contributed by atoms with E-state index in [1.54, 1.807) is 12.1 Å². The van der Waals surface area contributed by atoms with Crippen LogP contribution in [0.4, 0.5) is 5.69 Å². The van der Waals surface area contributed by atoms with Crippen molar-refractivity contribution in [3.63, 3.8) is 0 Å². The third-order valence-electron chi connectivity index (χ3n) is 3.09. The van der Waals surface area contributed by atoms with Crippen LogP contribution in [0.1, 0.15) is 50.2 Å².